The standard InChI is InChI=1S/C25H27N5O2/c1-16-14-22(31)28-25(26-16)30-21(15-20(29-30)17-12-13-17)27-24(32)23(18-8-4-2-5-9-18)19-10-6-3-7-11-19/h2-11,15-17,23,25-26H,12-14H2,1H3,(H,27,32)(H,28,31). The molecule has 3 N–H and O–H groups in total. The molecule has 32 heavy (non-hydrogen) atoms. The average molecular weight is 430 g/mol. The maximum atomic E-state index is 13.6. The van der Waals surface area contributed by atoms with Crippen LogP contribution in [0.4, 0.5) is 5.82 Å². The van der Waals surface area contributed by atoms with E-state index in [1.807, 2.05) is 73.7 Å². The Kier molecular flexibility index (Phi) is 5.49. The number of benzene rings is 2. The summed E-state index contributed by atoms with van der Waals surface area (Å²) in [6, 6.07) is 21.5. The number of amides is 2. The summed E-state index contributed by atoms with van der Waals surface area (Å²) >= 11 is 0. The van der Waals surface area contributed by atoms with E-state index < -0.39 is 12.2 Å². The molecule has 2 fully saturated rings. The molecule has 0 spiro atoms. The van der Waals surface area contributed by atoms with Crippen molar-refractivity contribution in [2.45, 2.75) is 50.4 Å². The highest BCUT2D eigenvalue weighted by Crippen LogP contribution is 2.40. The van der Waals surface area contributed by atoms with Gasteiger partial charge in [0.15, 0.2) is 6.29 Å². The number of carbonyl (C=O) groups excluding carboxylic acids is 2. The lowest BCUT2D eigenvalue weighted by Crippen LogP contribution is -2.52. The van der Waals surface area contributed by atoms with Gasteiger partial charge in [0.05, 0.1) is 11.6 Å². The van der Waals surface area contributed by atoms with Crippen LogP contribution in [-0.4, -0.2) is 27.6 Å². The monoisotopic (exact) mass is 429 g/mol. The van der Waals surface area contributed by atoms with Crippen molar-refractivity contribution in [1.82, 2.24) is 20.4 Å². The molecule has 2 aromatic carbocycles. The fraction of sp³-hybridized carbons (Fsp3) is 0.320. The minimum atomic E-state index is -0.499. The summed E-state index contributed by atoms with van der Waals surface area (Å²) in [5.74, 6) is 0.371. The molecular formula is C25H27N5O2. The number of rotatable bonds is 6. The van der Waals surface area contributed by atoms with E-state index in [1.165, 1.54) is 0 Å². The van der Waals surface area contributed by atoms with Crippen LogP contribution in [0.25, 0.3) is 0 Å². The van der Waals surface area contributed by atoms with Gasteiger partial charge in [-0.05, 0) is 30.9 Å². The Bertz CT molecular complexity index is 1070. The zero-order chi connectivity index (χ0) is 22.1. The Morgan fingerprint density at radius 3 is 2.25 bits per heavy atom. The van der Waals surface area contributed by atoms with E-state index in [4.69, 9.17) is 5.10 Å². The fourth-order valence-electron chi connectivity index (χ4n) is 4.26. The van der Waals surface area contributed by atoms with Crippen LogP contribution in [0.2, 0.25) is 0 Å². The number of carbonyl (C=O) groups is 2. The summed E-state index contributed by atoms with van der Waals surface area (Å²) in [7, 11) is 0. The van der Waals surface area contributed by atoms with Gasteiger partial charge in [-0.25, -0.2) is 4.68 Å². The quantitative estimate of drug-likeness (QED) is 0.560. The number of anilines is 1. The molecule has 1 saturated heterocycles. The molecule has 2 amide bonds. The molecule has 2 unspecified atom stereocenters. The zero-order valence-corrected chi connectivity index (χ0v) is 18.0. The number of nitrogens with one attached hydrogen (secondary N) is 3. The van der Waals surface area contributed by atoms with Crippen molar-refractivity contribution in [3.63, 3.8) is 0 Å². The second-order valence-corrected chi connectivity index (χ2v) is 8.66. The van der Waals surface area contributed by atoms with Crippen molar-refractivity contribution in [3.05, 3.63) is 83.6 Å². The third-order valence-corrected chi connectivity index (χ3v) is 6.01. The predicted octanol–water partition coefficient (Wildman–Crippen LogP) is 3.49. The van der Waals surface area contributed by atoms with Crippen LogP contribution < -0.4 is 16.0 Å². The molecule has 0 radical (unpaired) electrons. The van der Waals surface area contributed by atoms with E-state index in [0.29, 0.717) is 18.2 Å². The number of hydrogen-bond donors (Lipinski definition) is 3. The maximum absolute atomic E-state index is 13.6. The number of aromatic nitrogens is 2. The molecule has 1 aromatic heterocycles. The highest BCUT2D eigenvalue weighted by atomic mass is 16.2. The molecule has 2 aliphatic rings. The highest BCUT2D eigenvalue weighted by Gasteiger charge is 2.32. The van der Waals surface area contributed by atoms with Crippen molar-refractivity contribution in [2.75, 3.05) is 5.32 Å². The largest absolute Gasteiger partial charge is 0.322 e. The van der Waals surface area contributed by atoms with Crippen LogP contribution in [0.5, 0.6) is 0 Å². The molecule has 3 aromatic rings. The smallest absolute Gasteiger partial charge is 0.237 e. The average Bonchev–Trinajstić information content (AvgIpc) is 3.55. The zero-order valence-electron chi connectivity index (χ0n) is 18.0. The lowest BCUT2D eigenvalue weighted by atomic mass is 9.90. The van der Waals surface area contributed by atoms with Crippen LogP contribution >= 0.6 is 0 Å². The van der Waals surface area contributed by atoms with Crippen molar-refractivity contribution >= 4 is 17.6 Å². The van der Waals surface area contributed by atoms with Crippen molar-refractivity contribution in [3.8, 4) is 0 Å². The maximum Gasteiger partial charge on any atom is 0.237 e. The van der Waals surface area contributed by atoms with Crippen molar-refractivity contribution in [2.24, 2.45) is 0 Å². The fourth-order valence-corrected chi connectivity index (χ4v) is 4.26. The van der Waals surface area contributed by atoms with E-state index >= 15 is 0 Å². The SMILES string of the molecule is CC1CC(=O)NC(n2nc(C3CC3)cc2NC(=O)C(c2ccccc2)c2ccccc2)N1. The molecule has 1 aliphatic carbocycles. The van der Waals surface area contributed by atoms with Gasteiger partial charge in [0, 0.05) is 24.4 Å². The minimum Gasteiger partial charge on any atom is -0.322 e. The van der Waals surface area contributed by atoms with Gasteiger partial charge in [0.1, 0.15) is 5.82 Å². The van der Waals surface area contributed by atoms with Gasteiger partial charge in [0.2, 0.25) is 11.8 Å². The van der Waals surface area contributed by atoms with E-state index in [1.54, 1.807) is 4.68 Å². The number of nitrogens with zero attached hydrogens (tertiary/aromatic N) is 2. The van der Waals surface area contributed by atoms with Gasteiger partial charge < -0.3 is 10.6 Å². The van der Waals surface area contributed by atoms with Gasteiger partial charge in [-0.15, -0.1) is 0 Å². The summed E-state index contributed by atoms with van der Waals surface area (Å²) in [5, 5.41) is 14.2. The molecule has 1 saturated carbocycles. The Hall–Kier alpha value is -3.45. The van der Waals surface area contributed by atoms with Crippen LogP contribution in [0, 0.1) is 0 Å². The third kappa shape index (κ3) is 4.29. The highest BCUT2D eigenvalue weighted by molar-refractivity contribution is 5.97. The van der Waals surface area contributed by atoms with Crippen molar-refractivity contribution < 1.29 is 9.59 Å². The van der Waals surface area contributed by atoms with E-state index in [-0.39, 0.29) is 17.9 Å². The minimum absolute atomic E-state index is 0.0206. The molecular weight excluding hydrogens is 402 g/mol. The molecule has 2 atom stereocenters. The summed E-state index contributed by atoms with van der Waals surface area (Å²) in [4.78, 5) is 25.8. The first-order valence-corrected chi connectivity index (χ1v) is 11.1. The summed E-state index contributed by atoms with van der Waals surface area (Å²) in [6.07, 6.45) is 2.11. The normalized spacial score (nSPS) is 20.8. The predicted molar refractivity (Wildman–Crippen MR) is 122 cm³/mol. The van der Waals surface area contributed by atoms with E-state index in [2.05, 4.69) is 16.0 Å². The second kappa shape index (κ2) is 8.59. The third-order valence-electron chi connectivity index (χ3n) is 6.01. The lowest BCUT2D eigenvalue weighted by molar-refractivity contribution is -0.125. The summed E-state index contributed by atoms with van der Waals surface area (Å²) in [5.41, 5.74) is 2.79. The van der Waals surface area contributed by atoms with Crippen LogP contribution in [0.3, 0.4) is 0 Å². The van der Waals surface area contributed by atoms with Gasteiger partial charge in [-0.3, -0.25) is 14.9 Å². The van der Waals surface area contributed by atoms with E-state index in [0.717, 1.165) is 29.7 Å². The first-order valence-electron chi connectivity index (χ1n) is 11.1. The molecule has 0 bridgehead atoms. The van der Waals surface area contributed by atoms with Crippen molar-refractivity contribution in [1.29, 1.82) is 0 Å². The van der Waals surface area contributed by atoms with Crippen LogP contribution in [0.15, 0.2) is 66.7 Å². The Balaban J connectivity index is 1.48. The van der Waals surface area contributed by atoms with Gasteiger partial charge in [0.25, 0.3) is 0 Å². The summed E-state index contributed by atoms with van der Waals surface area (Å²) < 4.78 is 1.70. The van der Waals surface area contributed by atoms with E-state index in [9.17, 15) is 9.59 Å². The number of hydrogen-bond acceptors (Lipinski definition) is 4. The summed E-state index contributed by atoms with van der Waals surface area (Å²) in [6.45, 7) is 1.97. The van der Waals surface area contributed by atoms with Gasteiger partial charge in [-0.1, -0.05) is 60.7 Å². The molecule has 7 nitrogen and oxygen atoms in total. The first-order chi connectivity index (χ1) is 15.6. The Morgan fingerprint density at radius 2 is 1.69 bits per heavy atom. The van der Waals surface area contributed by atoms with Crippen LogP contribution in [-0.2, 0) is 9.59 Å². The molecule has 164 valence electrons. The second-order valence-electron chi connectivity index (χ2n) is 8.66. The topological polar surface area (TPSA) is 88.1 Å². The van der Waals surface area contributed by atoms with Crippen LogP contribution in [0.1, 0.15) is 61.1 Å². The van der Waals surface area contributed by atoms with Gasteiger partial charge >= 0.3 is 0 Å². The molecule has 2 heterocycles. The van der Waals surface area contributed by atoms with Gasteiger partial charge in [-0.2, -0.15) is 5.10 Å². The first kappa shape index (κ1) is 20.5. The lowest BCUT2D eigenvalue weighted by Gasteiger charge is -2.30. The molecule has 7 heteroatoms. The Labute approximate surface area is 187 Å². The Morgan fingerprint density at radius 1 is 1.06 bits per heavy atom. The molecule has 1 aliphatic heterocycles. The molecule has 5 rings (SSSR count).